The van der Waals surface area contributed by atoms with E-state index in [4.69, 9.17) is 17.2 Å². The molecule has 0 radical (unpaired) electrons. The zero-order valence-electron chi connectivity index (χ0n) is 23.3. The van der Waals surface area contributed by atoms with E-state index in [-0.39, 0.29) is 31.4 Å². The molecule has 2 aliphatic rings. The highest BCUT2D eigenvalue weighted by atomic mass is 16.4. The maximum Gasteiger partial charge on any atom is 0.326 e. The molecule has 2 heterocycles. The minimum Gasteiger partial charge on any atom is -0.480 e. The number of carboxylic acid groups (broad SMARTS) is 1. The number of hydrogen-bond acceptors (Lipinski definition) is 8. The number of aliphatic hydroxyl groups is 1. The van der Waals surface area contributed by atoms with Crippen LogP contribution in [0.1, 0.15) is 58.8 Å². The van der Waals surface area contributed by atoms with Crippen molar-refractivity contribution < 1.29 is 34.2 Å². The standard InChI is InChI=1S/C25H44N8O7/c1-14(2)12-15(26)20(35)31-17(13-34)21(36)30-16(6-3-9-29-25(27)28)22(37)32-10-4-7-18(32)23(38)33-11-5-8-19(33)24(39)40/h14-19,34H,3-13,26H2,1-2H3,(H,30,36)(H,31,35)(H,39,40)(H4,27,28,29)/t15-,16-,17-,18-,19-/m0/s1. The van der Waals surface area contributed by atoms with Crippen LogP contribution >= 0.6 is 0 Å². The second-order valence-electron chi connectivity index (χ2n) is 10.7. The van der Waals surface area contributed by atoms with Gasteiger partial charge in [0, 0.05) is 19.6 Å². The number of nitrogens with zero attached hydrogens (tertiary/aromatic N) is 3. The number of carbonyl (C=O) groups excluding carboxylic acids is 4. The first-order valence-electron chi connectivity index (χ1n) is 13.7. The fourth-order valence-electron chi connectivity index (χ4n) is 5.09. The van der Waals surface area contributed by atoms with Crippen LogP contribution < -0.4 is 27.8 Å². The van der Waals surface area contributed by atoms with Gasteiger partial charge in [-0.05, 0) is 50.9 Å². The number of aliphatic carboxylic acids is 1. The molecule has 226 valence electrons. The van der Waals surface area contributed by atoms with Crippen LogP contribution in [0.5, 0.6) is 0 Å². The zero-order chi connectivity index (χ0) is 30.0. The molecule has 15 nitrogen and oxygen atoms in total. The Bertz CT molecular complexity index is 955. The van der Waals surface area contributed by atoms with Gasteiger partial charge in [0.1, 0.15) is 24.2 Å². The number of aliphatic hydroxyl groups excluding tert-OH is 1. The molecule has 0 aromatic rings. The largest absolute Gasteiger partial charge is 0.480 e. The number of hydrogen-bond donors (Lipinski definition) is 7. The Morgan fingerprint density at radius 1 is 0.950 bits per heavy atom. The molecule has 0 spiro atoms. The molecule has 0 aliphatic carbocycles. The normalized spacial score (nSPS) is 21.0. The van der Waals surface area contributed by atoms with Gasteiger partial charge in [0.2, 0.25) is 23.6 Å². The Labute approximate surface area is 233 Å². The minimum absolute atomic E-state index is 0.110. The van der Waals surface area contributed by atoms with Crippen molar-refractivity contribution in [2.75, 3.05) is 26.2 Å². The summed E-state index contributed by atoms with van der Waals surface area (Å²) in [5, 5.41) is 24.3. The lowest BCUT2D eigenvalue weighted by molar-refractivity contribution is -0.152. The topological polar surface area (TPSA) is 247 Å². The van der Waals surface area contributed by atoms with Crippen molar-refractivity contribution in [1.29, 1.82) is 0 Å². The number of amides is 4. The molecule has 0 aromatic heterocycles. The lowest BCUT2D eigenvalue weighted by atomic mass is 10.0. The maximum atomic E-state index is 13.7. The van der Waals surface area contributed by atoms with Gasteiger partial charge in [-0.3, -0.25) is 24.2 Å². The van der Waals surface area contributed by atoms with Gasteiger partial charge >= 0.3 is 5.97 Å². The molecule has 2 fully saturated rings. The summed E-state index contributed by atoms with van der Waals surface area (Å²) in [4.78, 5) is 70.7. The Morgan fingerprint density at radius 3 is 2.12 bits per heavy atom. The van der Waals surface area contributed by atoms with Crippen LogP contribution in [-0.4, -0.2) is 112 Å². The van der Waals surface area contributed by atoms with Crippen LogP contribution in [0.25, 0.3) is 0 Å². The first-order chi connectivity index (χ1) is 18.9. The predicted molar refractivity (Wildman–Crippen MR) is 145 cm³/mol. The highest BCUT2D eigenvalue weighted by Gasteiger charge is 2.43. The summed E-state index contributed by atoms with van der Waals surface area (Å²) in [7, 11) is 0. The number of rotatable bonds is 14. The van der Waals surface area contributed by atoms with E-state index in [1.165, 1.54) is 9.80 Å². The number of carboxylic acids is 1. The second kappa shape index (κ2) is 15.4. The number of nitrogens with two attached hydrogens (primary N) is 3. The van der Waals surface area contributed by atoms with Crippen LogP contribution in [0.4, 0.5) is 0 Å². The van der Waals surface area contributed by atoms with Gasteiger partial charge in [0.05, 0.1) is 12.6 Å². The Hall–Kier alpha value is -3.46. The van der Waals surface area contributed by atoms with E-state index >= 15 is 0 Å². The number of guanidine groups is 1. The van der Waals surface area contributed by atoms with Gasteiger partial charge in [-0.15, -0.1) is 0 Å². The molecule has 2 aliphatic heterocycles. The van der Waals surface area contributed by atoms with Crippen LogP contribution in [0.2, 0.25) is 0 Å². The summed E-state index contributed by atoms with van der Waals surface area (Å²) < 4.78 is 0. The second-order valence-corrected chi connectivity index (χ2v) is 10.7. The van der Waals surface area contributed by atoms with E-state index in [1.54, 1.807) is 0 Å². The molecule has 15 heteroatoms. The van der Waals surface area contributed by atoms with Crippen LogP contribution in [0.15, 0.2) is 4.99 Å². The van der Waals surface area contributed by atoms with Crippen LogP contribution in [-0.2, 0) is 24.0 Å². The number of carbonyl (C=O) groups is 5. The van der Waals surface area contributed by atoms with Crippen molar-refractivity contribution in [3.63, 3.8) is 0 Å². The average Bonchev–Trinajstić information content (AvgIpc) is 3.57. The van der Waals surface area contributed by atoms with Crippen molar-refractivity contribution in [2.45, 2.75) is 89.0 Å². The van der Waals surface area contributed by atoms with E-state index in [9.17, 15) is 34.2 Å². The third kappa shape index (κ3) is 9.05. The van der Waals surface area contributed by atoms with Gasteiger partial charge in [-0.2, -0.15) is 0 Å². The van der Waals surface area contributed by atoms with Gasteiger partial charge in [-0.1, -0.05) is 13.8 Å². The summed E-state index contributed by atoms with van der Waals surface area (Å²) in [6.07, 6.45) is 2.60. The highest BCUT2D eigenvalue weighted by Crippen LogP contribution is 2.26. The van der Waals surface area contributed by atoms with E-state index < -0.39 is 66.4 Å². The molecule has 5 atom stereocenters. The molecule has 10 N–H and O–H groups in total. The summed E-state index contributed by atoms with van der Waals surface area (Å²) in [6.45, 7) is 3.79. The van der Waals surface area contributed by atoms with E-state index in [2.05, 4.69) is 15.6 Å². The highest BCUT2D eigenvalue weighted by molar-refractivity contribution is 5.96. The maximum absolute atomic E-state index is 13.7. The monoisotopic (exact) mass is 568 g/mol. The number of nitrogens with one attached hydrogen (secondary N) is 2. The lowest BCUT2D eigenvalue weighted by Gasteiger charge is -2.32. The lowest BCUT2D eigenvalue weighted by Crippen LogP contribution is -2.59. The first kappa shape index (κ1) is 32.8. The average molecular weight is 569 g/mol. The number of likely N-dealkylation sites (tertiary alicyclic amines) is 2. The summed E-state index contributed by atoms with van der Waals surface area (Å²) in [5.74, 6) is -3.44. The number of aliphatic imine (C=N–C) groups is 1. The third-order valence-corrected chi connectivity index (χ3v) is 7.08. The van der Waals surface area contributed by atoms with Crippen LogP contribution in [0.3, 0.4) is 0 Å². The zero-order valence-corrected chi connectivity index (χ0v) is 23.3. The molecule has 0 bridgehead atoms. The SMILES string of the molecule is CC(C)C[C@H](N)C(=O)N[C@@H](CO)C(=O)N[C@@H](CCCN=C(N)N)C(=O)N1CCC[C@H]1C(=O)N1CCC[C@H]1C(=O)O. The fourth-order valence-corrected chi connectivity index (χ4v) is 5.09. The predicted octanol–water partition coefficient (Wildman–Crippen LogP) is -2.56. The van der Waals surface area contributed by atoms with E-state index in [0.717, 1.165) is 0 Å². The third-order valence-electron chi connectivity index (χ3n) is 7.08. The molecule has 0 unspecified atom stereocenters. The van der Waals surface area contributed by atoms with Crippen molar-refractivity contribution in [3.8, 4) is 0 Å². The Kier molecular flexibility index (Phi) is 12.6. The quantitative estimate of drug-likeness (QED) is 0.0656. The molecule has 0 saturated carbocycles. The smallest absolute Gasteiger partial charge is 0.326 e. The van der Waals surface area contributed by atoms with Gasteiger partial charge in [-0.25, -0.2) is 4.79 Å². The molecule has 0 aromatic carbocycles. The summed E-state index contributed by atoms with van der Waals surface area (Å²) in [6, 6.07) is -5.13. The van der Waals surface area contributed by atoms with Crippen molar-refractivity contribution in [2.24, 2.45) is 28.1 Å². The molecular formula is C25H44N8O7. The minimum atomic E-state index is -1.35. The van der Waals surface area contributed by atoms with Crippen molar-refractivity contribution >= 4 is 35.6 Å². The first-order valence-corrected chi connectivity index (χ1v) is 13.7. The van der Waals surface area contributed by atoms with Gasteiger partial charge in [0.25, 0.3) is 0 Å². The van der Waals surface area contributed by atoms with Gasteiger partial charge < -0.3 is 47.8 Å². The Morgan fingerprint density at radius 2 is 1.55 bits per heavy atom. The van der Waals surface area contributed by atoms with E-state index in [1.807, 2.05) is 13.8 Å². The molecule has 2 saturated heterocycles. The van der Waals surface area contributed by atoms with Gasteiger partial charge in [0.15, 0.2) is 5.96 Å². The van der Waals surface area contributed by atoms with E-state index in [0.29, 0.717) is 45.1 Å². The summed E-state index contributed by atoms with van der Waals surface area (Å²) in [5.41, 5.74) is 16.6. The molecule has 40 heavy (non-hydrogen) atoms. The Balaban J connectivity index is 2.18. The fraction of sp³-hybridized carbons (Fsp3) is 0.760. The molecule has 4 amide bonds. The van der Waals surface area contributed by atoms with Crippen molar-refractivity contribution in [1.82, 2.24) is 20.4 Å². The van der Waals surface area contributed by atoms with Crippen LogP contribution in [0, 0.1) is 5.92 Å². The van der Waals surface area contributed by atoms with Crippen molar-refractivity contribution in [3.05, 3.63) is 0 Å². The summed E-state index contributed by atoms with van der Waals surface area (Å²) >= 11 is 0. The molecular weight excluding hydrogens is 524 g/mol. The molecule has 2 rings (SSSR count).